The lowest BCUT2D eigenvalue weighted by atomic mass is 9.88. The van der Waals surface area contributed by atoms with Crippen LogP contribution >= 0.6 is 11.3 Å². The van der Waals surface area contributed by atoms with Crippen LogP contribution in [0.2, 0.25) is 0 Å². The Bertz CT molecular complexity index is 1430. The number of rotatable bonds is 2. The van der Waals surface area contributed by atoms with E-state index in [1.54, 1.807) is 0 Å². The maximum Gasteiger partial charge on any atom is 0.394 e. The van der Waals surface area contributed by atoms with E-state index in [0.29, 0.717) is 4.88 Å². The molecule has 0 fully saturated rings. The van der Waals surface area contributed by atoms with Gasteiger partial charge >= 0.3 is 6.18 Å². The highest BCUT2D eigenvalue weighted by molar-refractivity contribution is 7.19. The predicted octanol–water partition coefficient (Wildman–Crippen LogP) is 7.71. The number of ether oxygens (including phenoxy) is 1. The Kier molecular flexibility index (Phi) is 4.45. The molecule has 2 aromatic carbocycles. The van der Waals surface area contributed by atoms with Crippen LogP contribution < -0.4 is 9.30 Å². The molecule has 6 heteroatoms. The lowest BCUT2D eigenvalue weighted by molar-refractivity contribution is -0.659. The first-order valence-electron chi connectivity index (χ1n) is 10.6. The fraction of sp³-hybridized carbons (Fsp3) is 0.346. The summed E-state index contributed by atoms with van der Waals surface area (Å²) in [6.07, 6.45) is -2.31. The molecule has 0 saturated carbocycles. The van der Waals surface area contributed by atoms with Gasteiger partial charge in [0.25, 0.3) is 5.69 Å². The van der Waals surface area contributed by atoms with Gasteiger partial charge in [0.1, 0.15) is 12.8 Å². The van der Waals surface area contributed by atoms with Crippen LogP contribution in [0.5, 0.6) is 11.5 Å². The van der Waals surface area contributed by atoms with Gasteiger partial charge in [0.2, 0.25) is 5.75 Å². The first-order valence-corrected chi connectivity index (χ1v) is 11.4. The van der Waals surface area contributed by atoms with Crippen LogP contribution in [0.3, 0.4) is 0 Å². The molecule has 0 unspecified atom stereocenters. The number of halogens is 3. The third-order valence-corrected chi connectivity index (χ3v) is 7.77. The van der Waals surface area contributed by atoms with Gasteiger partial charge in [-0.15, -0.1) is 11.3 Å². The third-order valence-electron chi connectivity index (χ3n) is 6.62. The van der Waals surface area contributed by atoms with Gasteiger partial charge in [-0.2, -0.15) is 17.7 Å². The summed E-state index contributed by atoms with van der Waals surface area (Å²) in [4.78, 5) is 0.709. The molecule has 0 N–H and O–H groups in total. The van der Waals surface area contributed by atoms with E-state index in [2.05, 4.69) is 26.0 Å². The van der Waals surface area contributed by atoms with E-state index in [-0.39, 0.29) is 6.42 Å². The second kappa shape index (κ2) is 6.70. The fourth-order valence-electron chi connectivity index (χ4n) is 4.65. The minimum atomic E-state index is -4.26. The number of pyridine rings is 1. The maximum atomic E-state index is 13.5. The molecule has 1 aliphatic heterocycles. The Labute approximate surface area is 189 Å². The number of alkyl halides is 3. The van der Waals surface area contributed by atoms with E-state index in [0.717, 1.165) is 49.2 Å². The quantitative estimate of drug-likeness (QED) is 0.248. The summed E-state index contributed by atoms with van der Waals surface area (Å²) in [5.74, 6) is 1.54. The van der Waals surface area contributed by atoms with Crippen molar-refractivity contribution in [1.29, 1.82) is 0 Å². The lowest BCUT2D eigenvalue weighted by Gasteiger charge is -2.26. The first kappa shape index (κ1) is 21.3. The average molecular weight is 457 g/mol. The predicted molar refractivity (Wildman–Crippen MR) is 124 cm³/mol. The van der Waals surface area contributed by atoms with Crippen molar-refractivity contribution in [2.75, 3.05) is 0 Å². The number of aromatic nitrogens is 1. The Morgan fingerprint density at radius 2 is 1.72 bits per heavy atom. The van der Waals surface area contributed by atoms with E-state index < -0.39 is 11.6 Å². The van der Waals surface area contributed by atoms with Crippen LogP contribution in [-0.2, 0) is 13.5 Å². The summed E-state index contributed by atoms with van der Waals surface area (Å²) in [6, 6.07) is 8.29. The Hall–Kier alpha value is -2.60. The zero-order valence-corrected chi connectivity index (χ0v) is 19.8. The second-order valence-electron chi connectivity index (χ2n) is 9.63. The number of nitrogens with zero attached hydrogens (tertiary/aromatic N) is 1. The van der Waals surface area contributed by atoms with Gasteiger partial charge < -0.3 is 4.74 Å². The normalized spacial score (nSPS) is 13.5. The monoisotopic (exact) mass is 456 g/mol. The summed E-state index contributed by atoms with van der Waals surface area (Å²) in [5, 5.41) is 3.14. The van der Waals surface area contributed by atoms with Crippen molar-refractivity contribution in [1.82, 2.24) is 0 Å². The molecule has 1 aliphatic rings. The summed E-state index contributed by atoms with van der Waals surface area (Å²) in [7, 11) is 1.98. The van der Waals surface area contributed by atoms with E-state index in [1.807, 2.05) is 36.9 Å². The molecule has 0 atom stereocenters. The minimum Gasteiger partial charge on any atom is -0.448 e. The zero-order chi connectivity index (χ0) is 23.2. The smallest absolute Gasteiger partial charge is 0.394 e. The van der Waals surface area contributed by atoms with Gasteiger partial charge in [-0.25, -0.2) is 0 Å². The molecule has 0 spiro atoms. The van der Waals surface area contributed by atoms with Crippen LogP contribution in [0, 0.1) is 26.2 Å². The van der Waals surface area contributed by atoms with E-state index in [4.69, 9.17) is 4.74 Å². The van der Waals surface area contributed by atoms with Crippen molar-refractivity contribution in [3.05, 3.63) is 52.0 Å². The van der Waals surface area contributed by atoms with Crippen molar-refractivity contribution < 1.29 is 22.5 Å². The first-order chi connectivity index (χ1) is 14.9. The molecule has 0 saturated heterocycles. The van der Waals surface area contributed by atoms with Crippen LogP contribution in [-0.4, -0.2) is 6.18 Å². The molecule has 0 radical (unpaired) electrons. The van der Waals surface area contributed by atoms with Crippen LogP contribution in [0.15, 0.2) is 30.5 Å². The van der Waals surface area contributed by atoms with Gasteiger partial charge in [0.05, 0.1) is 21.1 Å². The van der Waals surface area contributed by atoms with Gasteiger partial charge in [0.15, 0.2) is 6.20 Å². The highest BCUT2D eigenvalue weighted by atomic mass is 32.1. The van der Waals surface area contributed by atoms with Crippen LogP contribution in [0.4, 0.5) is 13.2 Å². The number of fused-ring (bicyclic) bond motifs is 4. The Morgan fingerprint density at radius 1 is 1.00 bits per heavy atom. The Morgan fingerprint density at radius 3 is 2.41 bits per heavy atom. The van der Waals surface area contributed by atoms with Crippen LogP contribution in [0.1, 0.15) is 35.4 Å². The SMILES string of the molecule is Cc1cc2c3c(c(C)c(C)cc3c1)-c1c(c3sc(CC(C)(C)C(F)(F)F)cc3c[n+]1C)O2. The highest BCUT2D eigenvalue weighted by Gasteiger charge is 2.47. The molecule has 0 amide bonds. The molecule has 0 bridgehead atoms. The van der Waals surface area contributed by atoms with Gasteiger partial charge in [-0.05, 0) is 61.4 Å². The number of hydrogen-bond acceptors (Lipinski definition) is 2. The molecule has 166 valence electrons. The molecule has 3 heterocycles. The molecule has 32 heavy (non-hydrogen) atoms. The standard InChI is InChI=1S/C26H25F3NOS/c1-13-7-16-9-14(2)15(3)20-21(16)19(8-13)31-23-22(20)30(6)12-17-10-18(32-24(17)23)11-25(4,5)26(27,28)29/h7-10,12H,11H2,1-6H3/q+1. The molecular formula is C26H25F3NOS+. The molecule has 2 nitrogen and oxygen atoms in total. The Balaban J connectivity index is 1.78. The molecule has 4 aromatic rings. The number of thiophene rings is 1. The minimum absolute atomic E-state index is 0.0578. The lowest BCUT2D eigenvalue weighted by Crippen LogP contribution is -2.33. The highest BCUT2D eigenvalue weighted by Crippen LogP contribution is 2.52. The van der Waals surface area contributed by atoms with E-state index in [9.17, 15) is 13.2 Å². The topological polar surface area (TPSA) is 13.1 Å². The summed E-state index contributed by atoms with van der Waals surface area (Å²) in [5.41, 5.74) is 3.84. The van der Waals surface area contributed by atoms with E-state index >= 15 is 0 Å². The molecule has 0 aliphatic carbocycles. The molecular weight excluding hydrogens is 431 g/mol. The largest absolute Gasteiger partial charge is 0.448 e. The van der Waals surface area contributed by atoms with Crippen LogP contribution in [0.25, 0.3) is 32.1 Å². The zero-order valence-electron chi connectivity index (χ0n) is 19.0. The summed E-state index contributed by atoms with van der Waals surface area (Å²) in [6.45, 7) is 8.80. The van der Waals surface area contributed by atoms with E-state index in [1.165, 1.54) is 36.3 Å². The van der Waals surface area contributed by atoms with Crippen molar-refractivity contribution >= 4 is 32.2 Å². The fourth-order valence-corrected chi connectivity index (χ4v) is 6.00. The number of hydrogen-bond donors (Lipinski definition) is 0. The van der Waals surface area contributed by atoms with Crippen molar-refractivity contribution in [2.45, 2.75) is 47.2 Å². The summed E-state index contributed by atoms with van der Waals surface area (Å²) < 4.78 is 49.9. The van der Waals surface area contributed by atoms with Gasteiger partial charge in [-0.1, -0.05) is 26.0 Å². The van der Waals surface area contributed by atoms with Crippen molar-refractivity contribution in [3.8, 4) is 22.8 Å². The van der Waals surface area contributed by atoms with Crippen molar-refractivity contribution in [3.63, 3.8) is 0 Å². The summed E-state index contributed by atoms with van der Waals surface area (Å²) >= 11 is 1.40. The second-order valence-corrected chi connectivity index (χ2v) is 10.8. The van der Waals surface area contributed by atoms with Gasteiger partial charge in [0, 0.05) is 10.3 Å². The number of aryl methyl sites for hydroxylation is 3. The maximum absolute atomic E-state index is 13.5. The number of benzene rings is 2. The van der Waals surface area contributed by atoms with Gasteiger partial charge in [-0.3, -0.25) is 0 Å². The van der Waals surface area contributed by atoms with Crippen molar-refractivity contribution in [2.24, 2.45) is 12.5 Å². The molecule has 2 aromatic heterocycles. The third kappa shape index (κ3) is 3.03. The molecule has 5 rings (SSSR count). The average Bonchev–Trinajstić information content (AvgIpc) is 3.05.